The normalized spacial score (nSPS) is 25.5. The summed E-state index contributed by atoms with van der Waals surface area (Å²) in [6.07, 6.45) is 0.807. The Bertz CT molecular complexity index is 856. The number of benzene rings is 1. The number of cyclic esters (lactones) is 2. The van der Waals surface area contributed by atoms with Gasteiger partial charge in [0.05, 0.1) is 19.1 Å². The van der Waals surface area contributed by atoms with E-state index in [1.165, 1.54) is 6.92 Å². The van der Waals surface area contributed by atoms with Crippen molar-refractivity contribution in [2.75, 3.05) is 13.2 Å². The van der Waals surface area contributed by atoms with Crippen LogP contribution in [0.3, 0.4) is 0 Å². The van der Waals surface area contributed by atoms with E-state index in [0.29, 0.717) is 24.0 Å². The molecule has 0 spiro atoms. The molecule has 0 radical (unpaired) electrons. The van der Waals surface area contributed by atoms with Gasteiger partial charge >= 0.3 is 17.9 Å². The van der Waals surface area contributed by atoms with Crippen LogP contribution in [0.5, 0.6) is 0 Å². The highest BCUT2D eigenvalue weighted by Crippen LogP contribution is 2.42. The average Bonchev–Trinajstić information content (AvgIpc) is 3.30. The molecule has 1 aromatic carbocycles. The lowest BCUT2D eigenvalue weighted by Gasteiger charge is -2.35. The van der Waals surface area contributed by atoms with Gasteiger partial charge < -0.3 is 19.3 Å². The molecular formula is C22H26O7. The second-order valence-electron chi connectivity index (χ2n) is 8.02. The Kier molecular flexibility index (Phi) is 5.54. The third-order valence-electron chi connectivity index (χ3n) is 5.89. The van der Waals surface area contributed by atoms with Crippen LogP contribution in [0.25, 0.3) is 0 Å². The average molecular weight is 402 g/mol. The Labute approximate surface area is 169 Å². The lowest BCUT2D eigenvalue weighted by atomic mass is 9.77. The predicted octanol–water partition coefficient (Wildman–Crippen LogP) is 2.35. The second-order valence-corrected chi connectivity index (χ2v) is 8.02. The molecular weight excluding hydrogens is 376 g/mol. The molecule has 29 heavy (non-hydrogen) atoms. The van der Waals surface area contributed by atoms with Crippen LogP contribution < -0.4 is 0 Å². The number of rotatable bonds is 6. The lowest BCUT2D eigenvalue weighted by molar-refractivity contribution is -0.166. The molecule has 3 rings (SSSR count). The highest BCUT2D eigenvalue weighted by atomic mass is 16.6. The molecule has 4 unspecified atom stereocenters. The fourth-order valence-corrected chi connectivity index (χ4v) is 3.96. The lowest BCUT2D eigenvalue weighted by Crippen LogP contribution is -2.40. The van der Waals surface area contributed by atoms with E-state index in [9.17, 15) is 19.5 Å². The second kappa shape index (κ2) is 7.63. The molecule has 7 heteroatoms. The molecule has 4 atom stereocenters. The molecule has 2 heterocycles. The molecule has 2 saturated heterocycles. The molecule has 0 amide bonds. The van der Waals surface area contributed by atoms with Crippen LogP contribution >= 0.6 is 0 Å². The monoisotopic (exact) mass is 402 g/mol. The Morgan fingerprint density at radius 3 is 2.17 bits per heavy atom. The summed E-state index contributed by atoms with van der Waals surface area (Å²) >= 11 is 0. The van der Waals surface area contributed by atoms with E-state index in [1.54, 1.807) is 38.1 Å². The predicted molar refractivity (Wildman–Crippen MR) is 102 cm³/mol. The summed E-state index contributed by atoms with van der Waals surface area (Å²) in [7, 11) is 0. The summed E-state index contributed by atoms with van der Waals surface area (Å²) in [5, 5.41) is 11.1. The largest absolute Gasteiger partial charge is 0.465 e. The Hall–Kier alpha value is -2.67. The number of carbonyl (C=O) groups excluding carboxylic acids is 3. The molecule has 2 aliphatic rings. The topological polar surface area (TPSA) is 99.1 Å². The van der Waals surface area contributed by atoms with Crippen molar-refractivity contribution in [3.05, 3.63) is 47.5 Å². The van der Waals surface area contributed by atoms with E-state index in [2.05, 4.69) is 6.58 Å². The number of carbonyl (C=O) groups is 3. The van der Waals surface area contributed by atoms with Crippen LogP contribution in [-0.4, -0.2) is 36.2 Å². The zero-order valence-corrected chi connectivity index (χ0v) is 16.9. The third kappa shape index (κ3) is 3.79. The molecule has 0 bridgehead atoms. The van der Waals surface area contributed by atoms with Gasteiger partial charge in [-0.05, 0) is 50.8 Å². The third-order valence-corrected chi connectivity index (χ3v) is 5.89. The van der Waals surface area contributed by atoms with Crippen LogP contribution in [0.2, 0.25) is 0 Å². The van der Waals surface area contributed by atoms with E-state index >= 15 is 0 Å². The number of hydrogen-bond acceptors (Lipinski definition) is 7. The van der Waals surface area contributed by atoms with Crippen molar-refractivity contribution in [1.29, 1.82) is 0 Å². The fraction of sp³-hybridized carbons (Fsp3) is 0.500. The van der Waals surface area contributed by atoms with Crippen molar-refractivity contribution in [1.82, 2.24) is 0 Å². The number of esters is 3. The van der Waals surface area contributed by atoms with Crippen molar-refractivity contribution in [3.63, 3.8) is 0 Å². The van der Waals surface area contributed by atoms with Crippen molar-refractivity contribution in [2.24, 2.45) is 11.8 Å². The zero-order valence-electron chi connectivity index (χ0n) is 16.9. The molecule has 7 nitrogen and oxygen atoms in total. The zero-order chi connectivity index (χ0) is 21.4. The van der Waals surface area contributed by atoms with Gasteiger partial charge in [0.25, 0.3) is 0 Å². The summed E-state index contributed by atoms with van der Waals surface area (Å²) < 4.78 is 15.9. The molecule has 0 aromatic heterocycles. The van der Waals surface area contributed by atoms with Crippen LogP contribution in [0.4, 0.5) is 0 Å². The summed E-state index contributed by atoms with van der Waals surface area (Å²) in [6, 6.07) is 6.79. The summed E-state index contributed by atoms with van der Waals surface area (Å²) in [5.74, 6) is -2.90. The minimum atomic E-state index is -1.47. The van der Waals surface area contributed by atoms with Gasteiger partial charge in [-0.25, -0.2) is 4.79 Å². The SMILES string of the molecule is C=C(C)C(=O)OC(C)(c1cccc(C(C)(O)C2CCOC2=O)c1)C1CCOC1=O. The molecule has 0 saturated carbocycles. The van der Waals surface area contributed by atoms with Crippen molar-refractivity contribution in [2.45, 2.75) is 44.8 Å². The highest BCUT2D eigenvalue weighted by Gasteiger charge is 2.49. The molecule has 0 aliphatic carbocycles. The van der Waals surface area contributed by atoms with Crippen LogP contribution in [0.1, 0.15) is 44.7 Å². The number of hydrogen-bond donors (Lipinski definition) is 1. The number of aliphatic hydroxyl groups is 1. The van der Waals surface area contributed by atoms with Gasteiger partial charge in [0.15, 0.2) is 0 Å². The van der Waals surface area contributed by atoms with Crippen molar-refractivity contribution >= 4 is 17.9 Å². The Morgan fingerprint density at radius 1 is 1.10 bits per heavy atom. The maximum absolute atomic E-state index is 12.3. The molecule has 1 aromatic rings. The Morgan fingerprint density at radius 2 is 1.66 bits per heavy atom. The van der Waals surface area contributed by atoms with Crippen molar-refractivity contribution in [3.8, 4) is 0 Å². The molecule has 156 valence electrons. The maximum Gasteiger partial charge on any atom is 0.334 e. The maximum atomic E-state index is 12.3. The van der Waals surface area contributed by atoms with Crippen molar-refractivity contribution < 1.29 is 33.7 Å². The first kappa shape index (κ1) is 21.0. The standard InChI is InChI=1S/C22H26O7/c1-13(2)18(23)29-22(4,17-9-11-28-20(17)25)15-7-5-6-14(12-15)21(3,26)16-8-10-27-19(16)24/h5-7,12,16-17,26H,1,8-11H2,2-4H3. The molecule has 1 N–H and O–H groups in total. The van der Waals surface area contributed by atoms with Gasteiger partial charge in [-0.15, -0.1) is 0 Å². The smallest absolute Gasteiger partial charge is 0.334 e. The fourth-order valence-electron chi connectivity index (χ4n) is 3.96. The first-order valence-electron chi connectivity index (χ1n) is 9.63. The Balaban J connectivity index is 2.03. The quantitative estimate of drug-likeness (QED) is 0.443. The van der Waals surface area contributed by atoms with Gasteiger partial charge in [-0.3, -0.25) is 9.59 Å². The van der Waals surface area contributed by atoms with E-state index in [0.717, 1.165) is 0 Å². The van der Waals surface area contributed by atoms with E-state index in [-0.39, 0.29) is 18.8 Å². The van der Waals surface area contributed by atoms with Crippen LogP contribution in [0, 0.1) is 11.8 Å². The summed E-state index contributed by atoms with van der Waals surface area (Å²) in [6.45, 7) is 8.87. The highest BCUT2D eigenvalue weighted by molar-refractivity contribution is 5.88. The minimum Gasteiger partial charge on any atom is -0.465 e. The van der Waals surface area contributed by atoms with Crippen LogP contribution in [0.15, 0.2) is 36.4 Å². The van der Waals surface area contributed by atoms with E-state index in [4.69, 9.17) is 14.2 Å². The summed E-state index contributed by atoms with van der Waals surface area (Å²) in [5.41, 5.74) is -1.58. The van der Waals surface area contributed by atoms with E-state index in [1.807, 2.05) is 0 Å². The van der Waals surface area contributed by atoms with Gasteiger partial charge in [0, 0.05) is 5.57 Å². The van der Waals surface area contributed by atoms with Gasteiger partial charge in [0.2, 0.25) is 0 Å². The first-order chi connectivity index (χ1) is 13.6. The summed E-state index contributed by atoms with van der Waals surface area (Å²) in [4.78, 5) is 36.7. The molecule has 2 aliphatic heterocycles. The minimum absolute atomic E-state index is 0.208. The number of ether oxygens (including phenoxy) is 3. The van der Waals surface area contributed by atoms with Gasteiger partial charge in [-0.1, -0.05) is 24.8 Å². The van der Waals surface area contributed by atoms with E-state index < -0.39 is 40.9 Å². The van der Waals surface area contributed by atoms with Gasteiger partial charge in [0.1, 0.15) is 17.1 Å². The van der Waals surface area contributed by atoms with Crippen LogP contribution in [-0.2, 0) is 39.8 Å². The van der Waals surface area contributed by atoms with Gasteiger partial charge in [-0.2, -0.15) is 0 Å². The molecule has 2 fully saturated rings. The first-order valence-corrected chi connectivity index (χ1v) is 9.63.